The summed E-state index contributed by atoms with van der Waals surface area (Å²) in [4.78, 5) is 13.4. The first-order valence-electron chi connectivity index (χ1n) is 8.37. The Morgan fingerprint density at radius 2 is 1.74 bits per heavy atom. The predicted octanol–water partition coefficient (Wildman–Crippen LogP) is 2.51. The molecule has 1 unspecified atom stereocenters. The first-order chi connectivity index (χ1) is 11.8. The van der Waals surface area contributed by atoms with Crippen LogP contribution < -0.4 is 16.0 Å². The van der Waals surface area contributed by atoms with Gasteiger partial charge in [-0.05, 0) is 25.0 Å². The third-order valence-electron chi connectivity index (χ3n) is 4.37. The number of rotatable bonds is 6. The molecule has 10 heteroatoms. The molecule has 1 heterocycles. The van der Waals surface area contributed by atoms with E-state index in [0.29, 0.717) is 26.2 Å². The van der Waals surface area contributed by atoms with Crippen LogP contribution in [0.3, 0.4) is 0 Å². The number of aryl methyl sites for hydroxylation is 2. The van der Waals surface area contributed by atoms with Crippen molar-refractivity contribution in [3.63, 3.8) is 0 Å². The minimum atomic E-state index is -4.37. The highest BCUT2D eigenvalue weighted by atomic mass is 35.5. The van der Waals surface area contributed by atoms with Crippen LogP contribution in [0.25, 0.3) is 0 Å². The van der Waals surface area contributed by atoms with E-state index in [-0.39, 0.29) is 31.4 Å². The number of para-hydroxylation sites is 1. The van der Waals surface area contributed by atoms with Gasteiger partial charge in [0.25, 0.3) is 0 Å². The second kappa shape index (κ2) is 11.6. The van der Waals surface area contributed by atoms with E-state index in [9.17, 15) is 18.0 Å². The molecule has 1 atom stereocenters. The van der Waals surface area contributed by atoms with Gasteiger partial charge in [-0.15, -0.1) is 24.8 Å². The van der Waals surface area contributed by atoms with Gasteiger partial charge in [0.15, 0.2) is 0 Å². The molecule has 1 amide bonds. The fourth-order valence-corrected chi connectivity index (χ4v) is 2.98. The zero-order chi connectivity index (χ0) is 18.4. The number of hydrogen-bond donors (Lipinski definition) is 3. The maximum Gasteiger partial charge on any atom is 0.405 e. The summed E-state index contributed by atoms with van der Waals surface area (Å²) in [5.74, 6) is -0.452. The number of nitrogens with one attached hydrogen (secondary N) is 3. The van der Waals surface area contributed by atoms with Crippen LogP contribution in [-0.2, 0) is 4.79 Å². The highest BCUT2D eigenvalue weighted by Gasteiger charge is 2.43. The van der Waals surface area contributed by atoms with E-state index in [1.807, 2.05) is 32.0 Å². The van der Waals surface area contributed by atoms with Crippen LogP contribution in [0.4, 0.5) is 18.9 Å². The van der Waals surface area contributed by atoms with Crippen LogP contribution in [0.1, 0.15) is 11.1 Å². The number of benzene rings is 1. The third-order valence-corrected chi connectivity index (χ3v) is 4.37. The summed E-state index contributed by atoms with van der Waals surface area (Å²) in [6.45, 7) is 5.02. The van der Waals surface area contributed by atoms with Crippen molar-refractivity contribution in [3.05, 3.63) is 29.3 Å². The first kappa shape index (κ1) is 25.8. The molecule has 1 aromatic rings. The number of alkyl halides is 3. The lowest BCUT2D eigenvalue weighted by atomic mass is 10.1. The lowest BCUT2D eigenvalue weighted by Gasteiger charge is -2.35. The van der Waals surface area contributed by atoms with E-state index in [4.69, 9.17) is 0 Å². The van der Waals surface area contributed by atoms with Crippen LogP contribution in [-0.4, -0.2) is 62.3 Å². The molecule has 1 aromatic carbocycles. The van der Waals surface area contributed by atoms with Gasteiger partial charge in [-0.3, -0.25) is 9.69 Å². The molecular formula is C17H27Cl2F3N4O. The van der Waals surface area contributed by atoms with Crippen molar-refractivity contribution in [1.82, 2.24) is 15.5 Å². The van der Waals surface area contributed by atoms with E-state index >= 15 is 0 Å². The molecule has 1 aliphatic heterocycles. The van der Waals surface area contributed by atoms with Crippen molar-refractivity contribution in [2.75, 3.05) is 44.6 Å². The van der Waals surface area contributed by atoms with E-state index in [1.165, 1.54) is 4.90 Å². The van der Waals surface area contributed by atoms with Crippen LogP contribution in [0.2, 0.25) is 0 Å². The van der Waals surface area contributed by atoms with Gasteiger partial charge in [-0.2, -0.15) is 13.2 Å². The summed E-state index contributed by atoms with van der Waals surface area (Å²) < 4.78 is 39.8. The second-order valence-corrected chi connectivity index (χ2v) is 6.27. The Bertz CT molecular complexity index is 576. The number of carbonyl (C=O) groups is 1. The Kier molecular flexibility index (Phi) is 11.1. The van der Waals surface area contributed by atoms with Crippen molar-refractivity contribution in [2.45, 2.75) is 26.1 Å². The fourth-order valence-electron chi connectivity index (χ4n) is 2.98. The second-order valence-electron chi connectivity index (χ2n) is 6.27. The summed E-state index contributed by atoms with van der Waals surface area (Å²) in [5, 5.41) is 8.45. The van der Waals surface area contributed by atoms with Gasteiger partial charge in [0.2, 0.25) is 5.91 Å². The summed E-state index contributed by atoms with van der Waals surface area (Å²) in [5.41, 5.74) is 2.82. The molecular weight excluding hydrogens is 404 g/mol. The third kappa shape index (κ3) is 7.73. The molecule has 27 heavy (non-hydrogen) atoms. The zero-order valence-corrected chi connectivity index (χ0v) is 17.0. The standard InChI is InChI=1S/C17H25F3N4O.2ClH/c1-12-4-3-5-13(2)16(12)23-11-15(25)22-10-14(17(18,19)20)24-8-6-21-7-9-24;;/h3-5,14,21,23H,6-11H2,1-2H3,(H,22,25);2*1H. The molecule has 0 radical (unpaired) electrons. The molecule has 0 aromatic heterocycles. The molecule has 156 valence electrons. The van der Waals surface area contributed by atoms with Gasteiger partial charge >= 0.3 is 6.18 Å². The molecule has 5 nitrogen and oxygen atoms in total. The van der Waals surface area contributed by atoms with Crippen LogP contribution >= 0.6 is 24.8 Å². The SMILES string of the molecule is Cc1cccc(C)c1NCC(=O)NCC(N1CCNCC1)C(F)(F)F.Cl.Cl. The van der Waals surface area contributed by atoms with Crippen LogP contribution in [0.15, 0.2) is 18.2 Å². The maximum atomic E-state index is 13.3. The lowest BCUT2D eigenvalue weighted by molar-refractivity contribution is -0.183. The van der Waals surface area contributed by atoms with E-state index < -0.39 is 24.7 Å². The number of amides is 1. The van der Waals surface area contributed by atoms with Gasteiger partial charge in [-0.25, -0.2) is 0 Å². The minimum Gasteiger partial charge on any atom is -0.376 e. The predicted molar refractivity (Wildman–Crippen MR) is 106 cm³/mol. The molecule has 2 rings (SSSR count). The summed E-state index contributed by atoms with van der Waals surface area (Å²) in [6.07, 6.45) is -4.37. The Hall–Kier alpha value is -1.22. The molecule has 1 saturated heterocycles. The van der Waals surface area contributed by atoms with E-state index in [1.54, 1.807) is 0 Å². The number of halogens is 5. The average molecular weight is 431 g/mol. The number of anilines is 1. The summed E-state index contributed by atoms with van der Waals surface area (Å²) in [7, 11) is 0. The van der Waals surface area contributed by atoms with Crippen LogP contribution in [0, 0.1) is 13.8 Å². The van der Waals surface area contributed by atoms with Crippen molar-refractivity contribution in [1.29, 1.82) is 0 Å². The lowest BCUT2D eigenvalue weighted by Crippen LogP contribution is -2.57. The van der Waals surface area contributed by atoms with Gasteiger partial charge in [0.1, 0.15) is 6.04 Å². The quantitative estimate of drug-likeness (QED) is 0.648. The van der Waals surface area contributed by atoms with Crippen LogP contribution in [0.5, 0.6) is 0 Å². The number of nitrogens with zero attached hydrogens (tertiary/aromatic N) is 1. The Morgan fingerprint density at radius 1 is 1.19 bits per heavy atom. The van der Waals surface area contributed by atoms with Gasteiger partial charge < -0.3 is 16.0 Å². The highest BCUT2D eigenvalue weighted by molar-refractivity contribution is 5.85. The number of piperazine rings is 1. The maximum absolute atomic E-state index is 13.3. The van der Waals surface area contributed by atoms with Gasteiger partial charge in [0, 0.05) is 38.4 Å². The van der Waals surface area contributed by atoms with Crippen molar-refractivity contribution < 1.29 is 18.0 Å². The Labute approximate surface area is 170 Å². The molecule has 0 bridgehead atoms. The van der Waals surface area contributed by atoms with E-state index in [2.05, 4.69) is 16.0 Å². The minimum absolute atomic E-state index is 0. The summed E-state index contributed by atoms with van der Waals surface area (Å²) >= 11 is 0. The Morgan fingerprint density at radius 3 is 2.26 bits per heavy atom. The smallest absolute Gasteiger partial charge is 0.376 e. The van der Waals surface area contributed by atoms with Crippen molar-refractivity contribution >= 4 is 36.4 Å². The molecule has 1 aliphatic rings. The van der Waals surface area contributed by atoms with Gasteiger partial charge in [0.05, 0.1) is 6.54 Å². The monoisotopic (exact) mass is 430 g/mol. The highest BCUT2D eigenvalue weighted by Crippen LogP contribution is 2.24. The average Bonchev–Trinajstić information content (AvgIpc) is 2.54. The van der Waals surface area contributed by atoms with Gasteiger partial charge in [-0.1, -0.05) is 18.2 Å². The fraction of sp³-hybridized carbons (Fsp3) is 0.588. The Balaban J connectivity index is 0.00000338. The number of hydrogen-bond acceptors (Lipinski definition) is 4. The zero-order valence-electron chi connectivity index (χ0n) is 15.4. The van der Waals surface area contributed by atoms with Crippen molar-refractivity contribution in [2.24, 2.45) is 0 Å². The first-order valence-corrected chi connectivity index (χ1v) is 8.37. The molecule has 3 N–H and O–H groups in total. The van der Waals surface area contributed by atoms with Crippen molar-refractivity contribution in [3.8, 4) is 0 Å². The topological polar surface area (TPSA) is 56.4 Å². The number of carbonyl (C=O) groups excluding carboxylic acids is 1. The molecule has 0 spiro atoms. The molecule has 1 fully saturated rings. The van der Waals surface area contributed by atoms with E-state index in [0.717, 1.165) is 16.8 Å². The summed E-state index contributed by atoms with van der Waals surface area (Å²) in [6, 6.07) is 4.09. The largest absolute Gasteiger partial charge is 0.405 e. The normalized spacial score (nSPS) is 15.9. The molecule has 0 aliphatic carbocycles. The molecule has 0 saturated carbocycles.